The van der Waals surface area contributed by atoms with Crippen LogP contribution in [-0.4, -0.2) is 26.3 Å². The molecule has 0 N–H and O–H groups in total. The van der Waals surface area contributed by atoms with Crippen LogP contribution in [0.15, 0.2) is 16.6 Å². The van der Waals surface area contributed by atoms with Crippen molar-refractivity contribution in [2.24, 2.45) is 0 Å². The highest BCUT2D eigenvalue weighted by molar-refractivity contribution is 9.10. The second-order valence-corrected chi connectivity index (χ2v) is 4.91. The third-order valence-corrected chi connectivity index (χ3v) is 3.58. The Morgan fingerprint density at radius 1 is 1.39 bits per heavy atom. The molecule has 3 nitrogen and oxygen atoms in total. The van der Waals surface area contributed by atoms with E-state index in [1.165, 1.54) is 5.56 Å². The summed E-state index contributed by atoms with van der Waals surface area (Å²) < 4.78 is 11.0. The van der Waals surface area contributed by atoms with E-state index in [9.17, 15) is 4.79 Å². The molecule has 0 aliphatic rings. The summed E-state index contributed by atoms with van der Waals surface area (Å²) in [6.45, 7) is 4.96. The number of benzene rings is 1. The summed E-state index contributed by atoms with van der Waals surface area (Å²) in [7, 11) is 1.69. The Bertz CT molecular complexity index is 416. The quantitative estimate of drug-likeness (QED) is 0.595. The minimum Gasteiger partial charge on any atom is -0.462 e. The zero-order chi connectivity index (χ0) is 13.5. The van der Waals surface area contributed by atoms with Crippen LogP contribution >= 0.6 is 15.9 Å². The van der Waals surface area contributed by atoms with E-state index < -0.39 is 0 Å². The standard InChI is InChI=1S/C14H19BrO3/c1-4-18-14(16)12-8-11(6-5-7-17-3)10(2)13(15)9-12/h8-9H,4-7H2,1-3H3. The number of hydrogen-bond donors (Lipinski definition) is 0. The van der Waals surface area contributed by atoms with Gasteiger partial charge >= 0.3 is 5.97 Å². The average molecular weight is 315 g/mol. The van der Waals surface area contributed by atoms with Crippen molar-refractivity contribution in [3.05, 3.63) is 33.3 Å². The molecule has 0 saturated heterocycles. The van der Waals surface area contributed by atoms with Gasteiger partial charge in [-0.1, -0.05) is 15.9 Å². The monoisotopic (exact) mass is 314 g/mol. The lowest BCUT2D eigenvalue weighted by Crippen LogP contribution is -2.06. The first-order valence-corrected chi connectivity index (χ1v) is 6.84. The normalized spacial score (nSPS) is 10.4. The molecule has 0 saturated carbocycles. The van der Waals surface area contributed by atoms with E-state index in [0.717, 1.165) is 29.5 Å². The summed E-state index contributed by atoms with van der Waals surface area (Å²) in [6, 6.07) is 3.72. The maximum Gasteiger partial charge on any atom is 0.338 e. The van der Waals surface area contributed by atoms with Crippen molar-refractivity contribution in [2.45, 2.75) is 26.7 Å². The maximum atomic E-state index is 11.7. The fourth-order valence-corrected chi connectivity index (χ4v) is 2.24. The van der Waals surface area contributed by atoms with Gasteiger partial charge in [-0.25, -0.2) is 4.79 Å². The van der Waals surface area contributed by atoms with E-state index in [4.69, 9.17) is 9.47 Å². The van der Waals surface area contributed by atoms with Crippen molar-refractivity contribution in [1.29, 1.82) is 0 Å². The lowest BCUT2D eigenvalue weighted by molar-refractivity contribution is 0.0526. The van der Waals surface area contributed by atoms with Crippen molar-refractivity contribution < 1.29 is 14.3 Å². The number of hydrogen-bond acceptors (Lipinski definition) is 3. The van der Waals surface area contributed by atoms with Gasteiger partial charge in [0.25, 0.3) is 0 Å². The van der Waals surface area contributed by atoms with Gasteiger partial charge in [-0.3, -0.25) is 0 Å². The molecule has 18 heavy (non-hydrogen) atoms. The molecule has 0 aromatic heterocycles. The number of methoxy groups -OCH3 is 1. The second-order valence-electron chi connectivity index (χ2n) is 4.06. The van der Waals surface area contributed by atoms with Crippen LogP contribution in [0.4, 0.5) is 0 Å². The van der Waals surface area contributed by atoms with Crippen molar-refractivity contribution in [1.82, 2.24) is 0 Å². The van der Waals surface area contributed by atoms with E-state index in [2.05, 4.69) is 15.9 Å². The Labute approximate surface area is 117 Å². The molecule has 0 amide bonds. The zero-order valence-corrected chi connectivity index (χ0v) is 12.7. The van der Waals surface area contributed by atoms with E-state index in [1.807, 2.05) is 19.1 Å². The Hall–Kier alpha value is -0.870. The molecule has 0 atom stereocenters. The number of rotatable bonds is 6. The van der Waals surface area contributed by atoms with Gasteiger partial charge in [0.05, 0.1) is 12.2 Å². The van der Waals surface area contributed by atoms with Crippen molar-refractivity contribution in [2.75, 3.05) is 20.3 Å². The molecule has 0 heterocycles. The number of esters is 1. The predicted molar refractivity (Wildman–Crippen MR) is 75.0 cm³/mol. The molecule has 0 radical (unpaired) electrons. The fourth-order valence-electron chi connectivity index (χ4n) is 1.73. The van der Waals surface area contributed by atoms with E-state index in [-0.39, 0.29) is 5.97 Å². The summed E-state index contributed by atoms with van der Waals surface area (Å²) in [5, 5.41) is 0. The highest BCUT2D eigenvalue weighted by Gasteiger charge is 2.11. The molecule has 4 heteroatoms. The highest BCUT2D eigenvalue weighted by atomic mass is 79.9. The largest absolute Gasteiger partial charge is 0.462 e. The van der Waals surface area contributed by atoms with Crippen molar-refractivity contribution >= 4 is 21.9 Å². The predicted octanol–water partition coefficient (Wildman–Crippen LogP) is 3.51. The Balaban J connectivity index is 2.91. The Morgan fingerprint density at radius 3 is 2.72 bits per heavy atom. The first-order valence-electron chi connectivity index (χ1n) is 6.05. The number of ether oxygens (including phenoxy) is 2. The van der Waals surface area contributed by atoms with Gasteiger partial charge in [-0.2, -0.15) is 0 Å². The number of carbonyl (C=O) groups is 1. The first kappa shape index (κ1) is 15.2. The van der Waals surface area contributed by atoms with Gasteiger partial charge in [0.1, 0.15) is 0 Å². The van der Waals surface area contributed by atoms with Crippen LogP contribution in [0.3, 0.4) is 0 Å². The van der Waals surface area contributed by atoms with Crippen LogP contribution in [-0.2, 0) is 15.9 Å². The van der Waals surface area contributed by atoms with Gasteiger partial charge in [0, 0.05) is 18.2 Å². The van der Waals surface area contributed by atoms with Crippen molar-refractivity contribution in [3.63, 3.8) is 0 Å². The summed E-state index contributed by atoms with van der Waals surface area (Å²) in [4.78, 5) is 11.7. The summed E-state index contributed by atoms with van der Waals surface area (Å²) in [5.74, 6) is -0.272. The number of halogens is 1. The summed E-state index contributed by atoms with van der Waals surface area (Å²) in [6.07, 6.45) is 1.83. The topological polar surface area (TPSA) is 35.5 Å². The fraction of sp³-hybridized carbons (Fsp3) is 0.500. The van der Waals surface area contributed by atoms with Gasteiger partial charge in [-0.05, 0) is 49.9 Å². The third-order valence-electron chi connectivity index (χ3n) is 2.76. The number of carbonyl (C=O) groups excluding carboxylic acids is 1. The summed E-state index contributed by atoms with van der Waals surface area (Å²) in [5.41, 5.74) is 2.92. The Morgan fingerprint density at radius 2 is 2.11 bits per heavy atom. The lowest BCUT2D eigenvalue weighted by Gasteiger charge is -2.10. The molecule has 0 aliphatic carbocycles. The third kappa shape index (κ3) is 4.10. The molecule has 0 aliphatic heterocycles. The van der Waals surface area contributed by atoms with E-state index >= 15 is 0 Å². The van der Waals surface area contributed by atoms with E-state index in [1.54, 1.807) is 14.0 Å². The van der Waals surface area contributed by atoms with Gasteiger partial charge in [0.2, 0.25) is 0 Å². The highest BCUT2D eigenvalue weighted by Crippen LogP contribution is 2.24. The molecule has 0 spiro atoms. The van der Waals surface area contributed by atoms with Crippen LogP contribution in [0.1, 0.15) is 34.8 Å². The molecule has 1 rings (SSSR count). The lowest BCUT2D eigenvalue weighted by atomic mass is 10.0. The van der Waals surface area contributed by atoms with Crippen LogP contribution in [0.2, 0.25) is 0 Å². The second kappa shape index (κ2) is 7.54. The molecule has 1 aromatic carbocycles. The maximum absolute atomic E-state index is 11.7. The van der Waals surface area contributed by atoms with Crippen LogP contribution in [0, 0.1) is 6.92 Å². The van der Waals surface area contributed by atoms with Gasteiger partial charge in [-0.15, -0.1) is 0 Å². The molecular formula is C14H19BrO3. The molecule has 0 fully saturated rings. The van der Waals surface area contributed by atoms with Gasteiger partial charge in [0.15, 0.2) is 0 Å². The minimum atomic E-state index is -0.272. The van der Waals surface area contributed by atoms with Crippen LogP contribution < -0.4 is 0 Å². The summed E-state index contributed by atoms with van der Waals surface area (Å²) >= 11 is 3.49. The van der Waals surface area contributed by atoms with Gasteiger partial charge < -0.3 is 9.47 Å². The molecule has 0 bridgehead atoms. The van der Waals surface area contributed by atoms with Crippen LogP contribution in [0.25, 0.3) is 0 Å². The molecule has 100 valence electrons. The molecule has 0 unspecified atom stereocenters. The smallest absolute Gasteiger partial charge is 0.338 e. The first-order chi connectivity index (χ1) is 8.60. The Kier molecular flexibility index (Phi) is 6.36. The average Bonchev–Trinajstić information content (AvgIpc) is 2.34. The number of aryl methyl sites for hydroxylation is 1. The zero-order valence-electron chi connectivity index (χ0n) is 11.1. The molecule has 1 aromatic rings. The SMILES string of the molecule is CCOC(=O)c1cc(Br)c(C)c(CCCOC)c1. The minimum absolute atomic E-state index is 0.272. The molecular weight excluding hydrogens is 296 g/mol. The van der Waals surface area contributed by atoms with Crippen LogP contribution in [0.5, 0.6) is 0 Å². The van der Waals surface area contributed by atoms with E-state index in [0.29, 0.717) is 12.2 Å². The van der Waals surface area contributed by atoms with Crippen molar-refractivity contribution in [3.8, 4) is 0 Å².